The van der Waals surface area contributed by atoms with Crippen molar-refractivity contribution in [2.75, 3.05) is 11.4 Å². The third-order valence-corrected chi connectivity index (χ3v) is 5.62. The SMILES string of the molecule is CCN(C1=NC(=O)C(C)(c2ccc(C(N)=O)cc2)S1)c1ccccc1F. The third kappa shape index (κ3) is 3.10. The lowest BCUT2D eigenvalue weighted by atomic mass is 9.98. The predicted octanol–water partition coefficient (Wildman–Crippen LogP) is 3.30. The summed E-state index contributed by atoms with van der Waals surface area (Å²) in [5, 5.41) is 0.448. The van der Waals surface area contributed by atoms with Gasteiger partial charge in [0.25, 0.3) is 5.91 Å². The van der Waals surface area contributed by atoms with Gasteiger partial charge in [-0.15, -0.1) is 0 Å². The van der Waals surface area contributed by atoms with Crippen LogP contribution in [-0.4, -0.2) is 23.5 Å². The fraction of sp³-hybridized carbons (Fsp3) is 0.211. The molecule has 2 aromatic rings. The van der Waals surface area contributed by atoms with Crippen molar-refractivity contribution >= 4 is 34.4 Å². The second-order valence-electron chi connectivity index (χ2n) is 5.97. The Morgan fingerprint density at radius 2 is 1.88 bits per heavy atom. The molecule has 7 heteroatoms. The van der Waals surface area contributed by atoms with E-state index in [-0.39, 0.29) is 11.7 Å². The Hall–Kier alpha value is -2.67. The zero-order valence-electron chi connectivity index (χ0n) is 14.4. The second-order valence-corrected chi connectivity index (χ2v) is 7.36. The average Bonchev–Trinajstić information content (AvgIpc) is 2.93. The molecule has 1 unspecified atom stereocenters. The molecule has 0 bridgehead atoms. The Bertz CT molecular complexity index is 898. The van der Waals surface area contributed by atoms with Crippen molar-refractivity contribution in [1.29, 1.82) is 0 Å². The Kier molecular flexibility index (Phi) is 4.82. The number of aliphatic imine (C=N–C) groups is 1. The molecule has 134 valence electrons. The number of nitrogens with zero attached hydrogens (tertiary/aromatic N) is 2. The predicted molar refractivity (Wildman–Crippen MR) is 102 cm³/mol. The van der Waals surface area contributed by atoms with Gasteiger partial charge in [0.2, 0.25) is 5.91 Å². The molecule has 3 rings (SSSR count). The molecule has 5 nitrogen and oxygen atoms in total. The summed E-state index contributed by atoms with van der Waals surface area (Å²) in [4.78, 5) is 29.7. The maximum absolute atomic E-state index is 14.2. The summed E-state index contributed by atoms with van der Waals surface area (Å²) in [6, 6.07) is 13.0. The van der Waals surface area contributed by atoms with Crippen LogP contribution in [0.15, 0.2) is 53.5 Å². The van der Waals surface area contributed by atoms with Crippen LogP contribution in [0.3, 0.4) is 0 Å². The van der Waals surface area contributed by atoms with Crippen molar-refractivity contribution in [3.8, 4) is 0 Å². The first-order valence-electron chi connectivity index (χ1n) is 8.11. The van der Waals surface area contributed by atoms with Gasteiger partial charge in [-0.05, 0) is 43.7 Å². The maximum atomic E-state index is 14.2. The van der Waals surface area contributed by atoms with Crippen LogP contribution in [0.25, 0.3) is 0 Å². The van der Waals surface area contributed by atoms with E-state index in [4.69, 9.17) is 5.73 Å². The first kappa shape index (κ1) is 18.1. The molecule has 1 atom stereocenters. The maximum Gasteiger partial charge on any atom is 0.269 e. The monoisotopic (exact) mass is 371 g/mol. The second kappa shape index (κ2) is 6.92. The quantitative estimate of drug-likeness (QED) is 0.895. The first-order chi connectivity index (χ1) is 12.4. The van der Waals surface area contributed by atoms with E-state index in [9.17, 15) is 14.0 Å². The van der Waals surface area contributed by atoms with Crippen molar-refractivity contribution in [1.82, 2.24) is 0 Å². The number of anilines is 1. The Morgan fingerprint density at radius 3 is 2.46 bits per heavy atom. The molecular formula is C19H18FN3O2S. The summed E-state index contributed by atoms with van der Waals surface area (Å²) >= 11 is 1.27. The summed E-state index contributed by atoms with van der Waals surface area (Å²) in [7, 11) is 0. The molecule has 1 heterocycles. The summed E-state index contributed by atoms with van der Waals surface area (Å²) in [6.07, 6.45) is 0. The molecule has 0 aromatic heterocycles. The minimum Gasteiger partial charge on any atom is -0.366 e. The third-order valence-electron chi connectivity index (χ3n) is 4.31. The van der Waals surface area contributed by atoms with Crippen LogP contribution in [-0.2, 0) is 9.54 Å². The van der Waals surface area contributed by atoms with Gasteiger partial charge in [-0.3, -0.25) is 9.59 Å². The van der Waals surface area contributed by atoms with E-state index in [0.29, 0.717) is 28.5 Å². The number of hydrogen-bond acceptors (Lipinski definition) is 4. The molecule has 0 fully saturated rings. The molecule has 2 N–H and O–H groups in total. The highest BCUT2D eigenvalue weighted by Gasteiger charge is 2.44. The van der Waals surface area contributed by atoms with Crippen LogP contribution in [0.4, 0.5) is 10.1 Å². The van der Waals surface area contributed by atoms with E-state index in [1.54, 1.807) is 54.3 Å². The Labute approximate surface area is 155 Å². The number of thioether (sulfide) groups is 1. The molecule has 0 spiro atoms. The van der Waals surface area contributed by atoms with Crippen molar-refractivity contribution < 1.29 is 14.0 Å². The summed E-state index contributed by atoms with van der Waals surface area (Å²) < 4.78 is 13.2. The van der Waals surface area contributed by atoms with Crippen LogP contribution >= 0.6 is 11.8 Å². The number of benzene rings is 2. The number of rotatable bonds is 4. The van der Waals surface area contributed by atoms with Crippen LogP contribution in [0.2, 0.25) is 0 Å². The van der Waals surface area contributed by atoms with E-state index in [2.05, 4.69) is 4.99 Å². The number of carbonyl (C=O) groups is 2. The van der Waals surface area contributed by atoms with E-state index in [1.807, 2.05) is 6.92 Å². The fourth-order valence-corrected chi connectivity index (χ4v) is 3.99. The van der Waals surface area contributed by atoms with Crippen LogP contribution < -0.4 is 10.6 Å². The van der Waals surface area contributed by atoms with Crippen molar-refractivity contribution in [2.45, 2.75) is 18.6 Å². The number of hydrogen-bond donors (Lipinski definition) is 1. The molecule has 0 aliphatic carbocycles. The molecular weight excluding hydrogens is 353 g/mol. The molecule has 0 saturated carbocycles. The number of amides is 2. The van der Waals surface area contributed by atoms with E-state index >= 15 is 0 Å². The summed E-state index contributed by atoms with van der Waals surface area (Å²) in [6.45, 7) is 4.11. The number of nitrogens with two attached hydrogens (primary N) is 1. The van der Waals surface area contributed by atoms with Gasteiger partial charge < -0.3 is 10.6 Å². The molecule has 26 heavy (non-hydrogen) atoms. The van der Waals surface area contributed by atoms with Gasteiger partial charge in [0.1, 0.15) is 10.6 Å². The van der Waals surface area contributed by atoms with Gasteiger partial charge in [-0.2, -0.15) is 4.99 Å². The average molecular weight is 371 g/mol. The van der Waals surface area contributed by atoms with Crippen LogP contribution in [0.1, 0.15) is 29.8 Å². The smallest absolute Gasteiger partial charge is 0.269 e. The van der Waals surface area contributed by atoms with Gasteiger partial charge >= 0.3 is 0 Å². The highest BCUT2D eigenvalue weighted by atomic mass is 32.2. The minimum absolute atomic E-state index is 0.320. The van der Waals surface area contributed by atoms with Crippen molar-refractivity contribution in [2.24, 2.45) is 10.7 Å². The molecule has 1 aliphatic heterocycles. The van der Waals surface area contributed by atoms with E-state index in [0.717, 1.165) is 0 Å². The molecule has 0 radical (unpaired) electrons. The highest BCUT2D eigenvalue weighted by molar-refractivity contribution is 8.16. The minimum atomic E-state index is -0.940. The van der Waals surface area contributed by atoms with Crippen molar-refractivity contribution in [3.05, 3.63) is 65.5 Å². The van der Waals surface area contributed by atoms with Crippen LogP contribution in [0, 0.1) is 5.82 Å². The van der Waals surface area contributed by atoms with E-state index < -0.39 is 10.7 Å². The molecule has 1 aliphatic rings. The van der Waals surface area contributed by atoms with Gasteiger partial charge in [0.05, 0.1) is 5.69 Å². The molecule has 2 amide bonds. The van der Waals surface area contributed by atoms with Gasteiger partial charge in [0, 0.05) is 12.1 Å². The largest absolute Gasteiger partial charge is 0.366 e. The number of para-hydroxylation sites is 1. The lowest BCUT2D eigenvalue weighted by molar-refractivity contribution is -0.119. The standard InChI is InChI=1S/C19H18FN3O2S/c1-3-23(15-7-5-4-6-14(15)20)18-22-17(25)19(2,26-18)13-10-8-12(9-11-13)16(21)24/h4-11H,3H2,1-2H3,(H2,21,24). The Balaban J connectivity index is 1.92. The van der Waals surface area contributed by atoms with Gasteiger partial charge in [-0.25, -0.2) is 4.39 Å². The zero-order chi connectivity index (χ0) is 18.9. The normalized spacial score (nSPS) is 19.3. The topological polar surface area (TPSA) is 75.8 Å². The summed E-state index contributed by atoms with van der Waals surface area (Å²) in [5.74, 6) is -1.22. The number of amidine groups is 1. The summed E-state index contributed by atoms with van der Waals surface area (Å²) in [5.41, 5.74) is 6.72. The lowest BCUT2D eigenvalue weighted by Gasteiger charge is -2.25. The zero-order valence-corrected chi connectivity index (χ0v) is 15.2. The number of carbonyl (C=O) groups excluding carboxylic acids is 2. The number of halogens is 1. The van der Waals surface area contributed by atoms with Crippen LogP contribution in [0.5, 0.6) is 0 Å². The molecule has 2 aromatic carbocycles. The highest BCUT2D eigenvalue weighted by Crippen LogP contribution is 2.44. The van der Waals surface area contributed by atoms with E-state index in [1.165, 1.54) is 17.8 Å². The number of primary amides is 1. The lowest BCUT2D eigenvalue weighted by Crippen LogP contribution is -2.30. The fourth-order valence-electron chi connectivity index (χ4n) is 2.77. The van der Waals surface area contributed by atoms with Gasteiger partial charge in [0.15, 0.2) is 5.17 Å². The molecule has 0 saturated heterocycles. The first-order valence-corrected chi connectivity index (χ1v) is 8.93. The Morgan fingerprint density at radius 1 is 1.23 bits per heavy atom. The van der Waals surface area contributed by atoms with Crippen molar-refractivity contribution in [3.63, 3.8) is 0 Å². The van der Waals surface area contributed by atoms with Gasteiger partial charge in [-0.1, -0.05) is 36.0 Å².